The summed E-state index contributed by atoms with van der Waals surface area (Å²) >= 11 is 1.54. The summed E-state index contributed by atoms with van der Waals surface area (Å²) in [4.78, 5) is 33.8. The van der Waals surface area contributed by atoms with Gasteiger partial charge in [0, 0.05) is 38.3 Å². The van der Waals surface area contributed by atoms with E-state index in [4.69, 9.17) is 0 Å². The third kappa shape index (κ3) is 2.97. The first-order valence-electron chi connectivity index (χ1n) is 9.67. The number of fused-ring (bicyclic) bond motifs is 2. The molecule has 144 valence electrons. The molecule has 0 bridgehead atoms. The zero-order chi connectivity index (χ0) is 19.1. The van der Waals surface area contributed by atoms with Crippen molar-refractivity contribution in [1.82, 2.24) is 24.6 Å². The van der Waals surface area contributed by atoms with Gasteiger partial charge in [0.15, 0.2) is 0 Å². The van der Waals surface area contributed by atoms with E-state index in [9.17, 15) is 9.59 Å². The van der Waals surface area contributed by atoms with Crippen molar-refractivity contribution >= 4 is 33.4 Å². The quantitative estimate of drug-likeness (QED) is 0.668. The number of rotatable bonds is 2. The Balaban J connectivity index is 1.26. The van der Waals surface area contributed by atoms with Crippen molar-refractivity contribution in [3.05, 3.63) is 46.7 Å². The number of hydrogen-bond donors (Lipinski definition) is 0. The summed E-state index contributed by atoms with van der Waals surface area (Å²) in [5.74, 6) is 0.0617. The normalized spacial score (nSPS) is 17.0. The fourth-order valence-corrected chi connectivity index (χ4v) is 4.77. The zero-order valence-corrected chi connectivity index (χ0v) is 16.3. The molecular weight excluding hydrogens is 374 g/mol. The van der Waals surface area contributed by atoms with Crippen LogP contribution in [0.2, 0.25) is 0 Å². The van der Waals surface area contributed by atoms with Crippen LogP contribution in [0.3, 0.4) is 0 Å². The minimum atomic E-state index is 0.0188. The van der Waals surface area contributed by atoms with Crippen LogP contribution < -0.4 is 0 Å². The van der Waals surface area contributed by atoms with Crippen molar-refractivity contribution in [3.8, 4) is 0 Å². The summed E-state index contributed by atoms with van der Waals surface area (Å²) in [7, 11) is 0. The summed E-state index contributed by atoms with van der Waals surface area (Å²) in [5.41, 5.74) is 5.19. The first kappa shape index (κ1) is 17.4. The lowest BCUT2D eigenvalue weighted by Gasteiger charge is -2.35. The van der Waals surface area contributed by atoms with Crippen LogP contribution in [0.5, 0.6) is 0 Å². The average molecular weight is 395 g/mol. The van der Waals surface area contributed by atoms with Gasteiger partial charge in [-0.05, 0) is 37.5 Å². The average Bonchev–Trinajstić information content (AvgIpc) is 3.39. The lowest BCUT2D eigenvalue weighted by Crippen LogP contribution is -2.50. The van der Waals surface area contributed by atoms with Crippen LogP contribution in [-0.4, -0.2) is 62.6 Å². The van der Waals surface area contributed by atoms with Crippen molar-refractivity contribution in [2.24, 2.45) is 0 Å². The smallest absolute Gasteiger partial charge is 0.257 e. The van der Waals surface area contributed by atoms with Gasteiger partial charge in [0.25, 0.3) is 11.8 Å². The maximum absolute atomic E-state index is 13.0. The lowest BCUT2D eigenvalue weighted by molar-refractivity contribution is 0.0534. The standard InChI is InChI=1S/C20H21N5O2S/c26-19(14-4-5-16-18(11-14)28-13-21-16)23-7-9-24(10-8-23)20(27)15-12-22-25-6-2-1-3-17(15)25/h4-5,11-13H,1-3,6-10H2. The zero-order valence-electron chi connectivity index (χ0n) is 15.5. The minimum absolute atomic E-state index is 0.0188. The van der Waals surface area contributed by atoms with Gasteiger partial charge in [0.2, 0.25) is 0 Å². The molecule has 28 heavy (non-hydrogen) atoms. The highest BCUT2D eigenvalue weighted by atomic mass is 32.1. The largest absolute Gasteiger partial charge is 0.335 e. The molecule has 0 radical (unpaired) electrons. The summed E-state index contributed by atoms with van der Waals surface area (Å²) in [6.45, 7) is 3.11. The molecule has 0 aliphatic carbocycles. The molecular formula is C20H21N5O2S. The van der Waals surface area contributed by atoms with E-state index in [1.165, 1.54) is 11.3 Å². The monoisotopic (exact) mass is 395 g/mol. The van der Waals surface area contributed by atoms with Crippen molar-refractivity contribution in [3.63, 3.8) is 0 Å². The van der Waals surface area contributed by atoms with Gasteiger partial charge in [-0.15, -0.1) is 11.3 Å². The van der Waals surface area contributed by atoms with Crippen LogP contribution in [0, 0.1) is 0 Å². The Morgan fingerprint density at radius 3 is 2.57 bits per heavy atom. The maximum Gasteiger partial charge on any atom is 0.257 e. The van der Waals surface area contributed by atoms with Crippen LogP contribution in [0.4, 0.5) is 0 Å². The Labute approximate surface area is 166 Å². The molecule has 2 aromatic heterocycles. The number of carbonyl (C=O) groups excluding carboxylic acids is 2. The fraction of sp³-hybridized carbons (Fsp3) is 0.400. The second-order valence-corrected chi connectivity index (χ2v) is 8.19. The second-order valence-electron chi connectivity index (χ2n) is 7.30. The number of hydrogen-bond acceptors (Lipinski definition) is 5. The summed E-state index contributed by atoms with van der Waals surface area (Å²) in [5, 5.41) is 4.38. The molecule has 0 atom stereocenters. The van der Waals surface area contributed by atoms with Crippen LogP contribution in [0.25, 0.3) is 10.2 Å². The Morgan fingerprint density at radius 2 is 1.75 bits per heavy atom. The van der Waals surface area contributed by atoms with E-state index in [0.29, 0.717) is 31.7 Å². The van der Waals surface area contributed by atoms with Gasteiger partial charge in [0.1, 0.15) is 0 Å². The highest BCUT2D eigenvalue weighted by Crippen LogP contribution is 2.22. The van der Waals surface area contributed by atoms with Gasteiger partial charge < -0.3 is 9.80 Å². The molecule has 3 aromatic rings. The third-order valence-electron chi connectivity index (χ3n) is 5.64. The molecule has 8 heteroatoms. The second kappa shape index (κ2) is 7.01. The van der Waals surface area contributed by atoms with E-state index in [1.54, 1.807) is 11.7 Å². The summed E-state index contributed by atoms with van der Waals surface area (Å²) in [6, 6.07) is 5.63. The van der Waals surface area contributed by atoms with E-state index in [1.807, 2.05) is 32.7 Å². The molecule has 2 aliphatic rings. The first-order valence-corrected chi connectivity index (χ1v) is 10.5. The Kier molecular flexibility index (Phi) is 4.35. The molecule has 1 aromatic carbocycles. The van der Waals surface area contributed by atoms with E-state index in [-0.39, 0.29) is 11.8 Å². The minimum Gasteiger partial charge on any atom is -0.335 e. The predicted molar refractivity (Wildman–Crippen MR) is 107 cm³/mol. The Bertz CT molecular complexity index is 1050. The Hall–Kier alpha value is -2.74. The summed E-state index contributed by atoms with van der Waals surface area (Å²) in [6.07, 6.45) is 4.86. The molecule has 0 N–H and O–H groups in total. The molecule has 2 aliphatic heterocycles. The molecule has 4 heterocycles. The van der Waals surface area contributed by atoms with E-state index < -0.39 is 0 Å². The van der Waals surface area contributed by atoms with Crippen LogP contribution >= 0.6 is 11.3 Å². The maximum atomic E-state index is 13.0. The topological polar surface area (TPSA) is 71.3 Å². The van der Waals surface area contributed by atoms with E-state index >= 15 is 0 Å². The van der Waals surface area contributed by atoms with Crippen molar-refractivity contribution in [2.45, 2.75) is 25.8 Å². The highest BCUT2D eigenvalue weighted by Gasteiger charge is 2.28. The Morgan fingerprint density at radius 1 is 0.964 bits per heavy atom. The molecule has 0 unspecified atom stereocenters. The molecule has 1 fully saturated rings. The van der Waals surface area contributed by atoms with Crippen LogP contribution in [0.1, 0.15) is 39.3 Å². The fourth-order valence-electron chi connectivity index (χ4n) is 4.05. The number of nitrogens with zero attached hydrogens (tertiary/aromatic N) is 5. The van der Waals surface area contributed by atoms with Gasteiger partial charge in [-0.2, -0.15) is 5.10 Å². The SMILES string of the molecule is O=C(c1ccc2ncsc2c1)N1CCN(C(=O)c2cnn3c2CCCC3)CC1. The lowest BCUT2D eigenvalue weighted by atomic mass is 10.1. The van der Waals surface area contributed by atoms with Crippen LogP contribution in [0.15, 0.2) is 29.9 Å². The van der Waals surface area contributed by atoms with Gasteiger partial charge in [0.05, 0.1) is 33.2 Å². The van der Waals surface area contributed by atoms with Crippen molar-refractivity contribution in [1.29, 1.82) is 0 Å². The predicted octanol–water partition coefficient (Wildman–Crippen LogP) is 2.43. The molecule has 5 rings (SSSR count). The van der Waals surface area contributed by atoms with Crippen molar-refractivity contribution in [2.75, 3.05) is 26.2 Å². The van der Waals surface area contributed by atoms with Crippen molar-refractivity contribution < 1.29 is 9.59 Å². The summed E-state index contributed by atoms with van der Waals surface area (Å²) < 4.78 is 2.98. The number of thiazole rings is 1. The first-order chi connectivity index (χ1) is 13.7. The number of piperazine rings is 1. The molecule has 7 nitrogen and oxygen atoms in total. The number of benzene rings is 1. The van der Waals surface area contributed by atoms with Crippen LogP contribution in [-0.2, 0) is 13.0 Å². The van der Waals surface area contributed by atoms with E-state index in [2.05, 4.69) is 10.1 Å². The molecule has 0 saturated carbocycles. The number of aromatic nitrogens is 3. The third-order valence-corrected chi connectivity index (χ3v) is 6.44. The molecule has 2 amide bonds. The number of amides is 2. The van der Waals surface area contributed by atoms with E-state index in [0.717, 1.165) is 47.3 Å². The highest BCUT2D eigenvalue weighted by molar-refractivity contribution is 7.16. The van der Waals surface area contributed by atoms with Gasteiger partial charge >= 0.3 is 0 Å². The van der Waals surface area contributed by atoms with Gasteiger partial charge in [-0.3, -0.25) is 14.3 Å². The van der Waals surface area contributed by atoms with Gasteiger partial charge in [-0.1, -0.05) is 0 Å². The number of carbonyl (C=O) groups is 2. The molecule has 1 saturated heterocycles. The number of aryl methyl sites for hydroxylation is 1. The molecule has 0 spiro atoms. The van der Waals surface area contributed by atoms with Gasteiger partial charge in [-0.25, -0.2) is 4.98 Å².